The van der Waals surface area contributed by atoms with Crippen LogP contribution in [0.15, 0.2) is 0 Å². The average molecular weight is 294 g/mol. The molecule has 5 atom stereocenters. The Morgan fingerprint density at radius 3 is 2.60 bits per heavy atom. The minimum Gasteiger partial charge on any atom is -0.481 e. The Morgan fingerprint density at radius 2 is 2.05 bits per heavy atom. The maximum absolute atomic E-state index is 10.4. The van der Waals surface area contributed by atoms with Crippen molar-refractivity contribution in [3.63, 3.8) is 0 Å². The second-order valence-corrected chi connectivity index (χ2v) is 5.15. The number of aliphatic carboxylic acids is 1. The van der Waals surface area contributed by atoms with Crippen molar-refractivity contribution in [3.05, 3.63) is 0 Å². The predicted molar refractivity (Wildman–Crippen MR) is 65.9 cm³/mol. The zero-order chi connectivity index (χ0) is 15.3. The molecule has 0 radical (unpaired) electrons. The fourth-order valence-electron chi connectivity index (χ4n) is 2.41. The van der Waals surface area contributed by atoms with E-state index in [2.05, 4.69) is 0 Å². The van der Waals surface area contributed by atoms with Gasteiger partial charge in [0.1, 0.15) is 23.9 Å². The molecule has 1 saturated heterocycles. The zero-order valence-electron chi connectivity index (χ0n) is 11.1. The molecule has 0 aromatic carbocycles. The highest BCUT2D eigenvalue weighted by Gasteiger charge is 2.51. The standard InChI is InChI=1S/C12H22O8/c13-5-9-12(19,11(18)8(15)6-20-9)4-7(14)2-1-3-10(16)17/h7-9,11,13-15,18-19H,1-6H2,(H,16,17)/t7?,8-,9+,11+,12-/m0/s1. The van der Waals surface area contributed by atoms with Gasteiger partial charge in [0.25, 0.3) is 0 Å². The van der Waals surface area contributed by atoms with E-state index in [4.69, 9.17) is 14.9 Å². The van der Waals surface area contributed by atoms with Crippen LogP contribution in [0.5, 0.6) is 0 Å². The average Bonchev–Trinajstić information content (AvgIpc) is 2.36. The van der Waals surface area contributed by atoms with Gasteiger partial charge >= 0.3 is 5.97 Å². The number of aliphatic hydroxyl groups excluding tert-OH is 4. The fraction of sp³-hybridized carbons (Fsp3) is 0.917. The summed E-state index contributed by atoms with van der Waals surface area (Å²) in [5, 5.41) is 57.2. The van der Waals surface area contributed by atoms with Gasteiger partial charge in [-0.25, -0.2) is 0 Å². The Kier molecular flexibility index (Phi) is 6.31. The molecule has 8 nitrogen and oxygen atoms in total. The van der Waals surface area contributed by atoms with Crippen molar-refractivity contribution < 1.29 is 40.2 Å². The second-order valence-electron chi connectivity index (χ2n) is 5.15. The molecular formula is C12H22O8. The van der Waals surface area contributed by atoms with Gasteiger partial charge in [-0.2, -0.15) is 0 Å². The third kappa shape index (κ3) is 4.11. The molecule has 0 bridgehead atoms. The summed E-state index contributed by atoms with van der Waals surface area (Å²) in [5.74, 6) is -0.986. The Hall–Kier alpha value is -0.770. The van der Waals surface area contributed by atoms with Crippen LogP contribution in [-0.4, -0.2) is 79.8 Å². The molecule has 0 aliphatic carbocycles. The van der Waals surface area contributed by atoms with Crippen molar-refractivity contribution in [2.75, 3.05) is 13.2 Å². The molecule has 0 aromatic rings. The van der Waals surface area contributed by atoms with Crippen LogP contribution in [0.4, 0.5) is 0 Å². The van der Waals surface area contributed by atoms with Crippen LogP contribution in [0.2, 0.25) is 0 Å². The molecule has 1 rings (SSSR count). The van der Waals surface area contributed by atoms with Gasteiger partial charge in [-0.15, -0.1) is 0 Å². The number of aliphatic hydroxyl groups is 5. The lowest BCUT2D eigenvalue weighted by atomic mass is 9.80. The minimum atomic E-state index is -1.98. The number of carboxylic acids is 1. The fourth-order valence-corrected chi connectivity index (χ4v) is 2.41. The lowest BCUT2D eigenvalue weighted by molar-refractivity contribution is -0.257. The summed E-state index contributed by atoms with van der Waals surface area (Å²) >= 11 is 0. The van der Waals surface area contributed by atoms with Gasteiger partial charge < -0.3 is 35.4 Å². The topological polar surface area (TPSA) is 148 Å². The van der Waals surface area contributed by atoms with Crippen molar-refractivity contribution in [2.45, 2.75) is 55.7 Å². The monoisotopic (exact) mass is 294 g/mol. The normalized spacial score (nSPS) is 35.8. The molecule has 6 N–H and O–H groups in total. The summed E-state index contributed by atoms with van der Waals surface area (Å²) in [4.78, 5) is 10.4. The van der Waals surface area contributed by atoms with E-state index < -0.39 is 42.6 Å². The Balaban J connectivity index is 2.61. The van der Waals surface area contributed by atoms with Gasteiger partial charge in [0.05, 0.1) is 19.3 Å². The van der Waals surface area contributed by atoms with Crippen molar-refractivity contribution in [2.24, 2.45) is 0 Å². The highest BCUT2D eigenvalue weighted by atomic mass is 16.5. The van der Waals surface area contributed by atoms with Crippen LogP contribution in [0.3, 0.4) is 0 Å². The van der Waals surface area contributed by atoms with Gasteiger partial charge in [-0.3, -0.25) is 4.79 Å². The highest BCUT2D eigenvalue weighted by Crippen LogP contribution is 2.31. The number of hydrogen-bond acceptors (Lipinski definition) is 7. The van der Waals surface area contributed by atoms with E-state index in [1.807, 2.05) is 0 Å². The molecule has 1 heterocycles. The minimum absolute atomic E-state index is 0.111. The van der Waals surface area contributed by atoms with Crippen LogP contribution in [0.25, 0.3) is 0 Å². The van der Waals surface area contributed by atoms with E-state index in [0.717, 1.165) is 0 Å². The third-order valence-corrected chi connectivity index (χ3v) is 3.56. The number of carboxylic acid groups (broad SMARTS) is 1. The maximum atomic E-state index is 10.4. The molecule has 8 heteroatoms. The van der Waals surface area contributed by atoms with Gasteiger partial charge in [0.15, 0.2) is 0 Å². The summed E-state index contributed by atoms with van der Waals surface area (Å²) in [6.07, 6.45) is -5.15. The number of rotatable bonds is 7. The largest absolute Gasteiger partial charge is 0.481 e. The van der Waals surface area contributed by atoms with Crippen LogP contribution in [0.1, 0.15) is 25.7 Å². The SMILES string of the molecule is O=C(O)CCCC(O)C[C@@]1(O)[C@H](O)[C@@H](O)CO[C@@H]1CO. The van der Waals surface area contributed by atoms with Crippen molar-refractivity contribution in [1.29, 1.82) is 0 Å². The lowest BCUT2D eigenvalue weighted by Crippen LogP contribution is -2.64. The van der Waals surface area contributed by atoms with Crippen molar-refractivity contribution >= 4 is 5.97 Å². The number of hydrogen-bond donors (Lipinski definition) is 6. The van der Waals surface area contributed by atoms with Gasteiger partial charge in [-0.1, -0.05) is 0 Å². The summed E-state index contributed by atoms with van der Waals surface area (Å²) in [6.45, 7) is -0.786. The first-order valence-corrected chi connectivity index (χ1v) is 6.52. The number of carbonyl (C=O) groups is 1. The van der Waals surface area contributed by atoms with Crippen LogP contribution in [-0.2, 0) is 9.53 Å². The van der Waals surface area contributed by atoms with Crippen LogP contribution >= 0.6 is 0 Å². The molecule has 20 heavy (non-hydrogen) atoms. The van der Waals surface area contributed by atoms with Gasteiger partial charge in [0.2, 0.25) is 0 Å². The highest BCUT2D eigenvalue weighted by molar-refractivity contribution is 5.66. The van der Waals surface area contributed by atoms with Gasteiger partial charge in [-0.05, 0) is 12.8 Å². The first-order valence-electron chi connectivity index (χ1n) is 6.52. The maximum Gasteiger partial charge on any atom is 0.303 e. The molecule has 1 aliphatic rings. The molecule has 0 aromatic heterocycles. The molecule has 1 aliphatic heterocycles. The van der Waals surface area contributed by atoms with E-state index in [1.165, 1.54) is 0 Å². The van der Waals surface area contributed by atoms with Crippen LogP contribution < -0.4 is 0 Å². The summed E-state index contributed by atoms with van der Waals surface area (Å²) in [5.41, 5.74) is -1.98. The van der Waals surface area contributed by atoms with Gasteiger partial charge in [0, 0.05) is 12.8 Å². The first-order chi connectivity index (χ1) is 9.31. The smallest absolute Gasteiger partial charge is 0.303 e. The van der Waals surface area contributed by atoms with E-state index in [1.54, 1.807) is 0 Å². The third-order valence-electron chi connectivity index (χ3n) is 3.56. The Labute approximate surface area is 116 Å². The predicted octanol–water partition coefficient (Wildman–Crippen LogP) is -2.16. The Bertz CT molecular complexity index is 319. The molecule has 1 fully saturated rings. The number of ether oxygens (including phenoxy) is 1. The zero-order valence-corrected chi connectivity index (χ0v) is 11.1. The first kappa shape index (κ1) is 17.3. The van der Waals surface area contributed by atoms with E-state index >= 15 is 0 Å². The van der Waals surface area contributed by atoms with Crippen molar-refractivity contribution in [3.8, 4) is 0 Å². The van der Waals surface area contributed by atoms with E-state index in [9.17, 15) is 25.2 Å². The van der Waals surface area contributed by atoms with E-state index in [0.29, 0.717) is 0 Å². The molecule has 118 valence electrons. The quantitative estimate of drug-likeness (QED) is 0.311. The molecule has 0 amide bonds. The summed E-state index contributed by atoms with van der Waals surface area (Å²) in [7, 11) is 0. The van der Waals surface area contributed by atoms with Crippen molar-refractivity contribution in [1.82, 2.24) is 0 Å². The molecule has 1 unspecified atom stereocenters. The summed E-state index contributed by atoms with van der Waals surface area (Å²) in [6, 6.07) is 0. The lowest BCUT2D eigenvalue weighted by Gasteiger charge is -2.45. The molecule has 0 spiro atoms. The second kappa shape index (κ2) is 7.30. The van der Waals surface area contributed by atoms with Crippen LogP contribution in [0, 0.1) is 0 Å². The Morgan fingerprint density at radius 1 is 1.40 bits per heavy atom. The molecular weight excluding hydrogens is 272 g/mol. The van der Waals surface area contributed by atoms with E-state index in [-0.39, 0.29) is 32.3 Å². The summed E-state index contributed by atoms with van der Waals surface area (Å²) < 4.78 is 5.05. The molecule has 0 saturated carbocycles.